The highest BCUT2D eigenvalue weighted by molar-refractivity contribution is 5.72. The Morgan fingerprint density at radius 3 is 3.00 bits per heavy atom. The molecule has 0 bridgehead atoms. The zero-order valence-corrected chi connectivity index (χ0v) is 8.87. The maximum Gasteiger partial charge on any atom is 0.216 e. The summed E-state index contributed by atoms with van der Waals surface area (Å²) in [4.78, 5) is 18.7. The van der Waals surface area contributed by atoms with Crippen molar-refractivity contribution in [3.8, 4) is 11.8 Å². The molecule has 1 rings (SSSR count). The number of nitrogens with zero attached hydrogens (tertiary/aromatic N) is 2. The number of hydrogen-bond donors (Lipinski definition) is 1. The fourth-order valence-corrected chi connectivity index (χ4v) is 0.978. The summed E-state index contributed by atoms with van der Waals surface area (Å²) in [5, 5.41) is 2.67. The van der Waals surface area contributed by atoms with E-state index < -0.39 is 0 Å². The molecule has 78 valence electrons. The smallest absolute Gasteiger partial charge is 0.216 e. The Morgan fingerprint density at radius 1 is 1.53 bits per heavy atom. The maximum absolute atomic E-state index is 10.5. The number of carbonyl (C=O) groups excluding carboxylic acids is 1. The van der Waals surface area contributed by atoms with Crippen LogP contribution in [-0.2, 0) is 4.79 Å². The van der Waals surface area contributed by atoms with Gasteiger partial charge in [-0.3, -0.25) is 9.78 Å². The topological polar surface area (TPSA) is 54.9 Å². The number of amides is 1. The molecule has 1 heterocycles. The van der Waals surface area contributed by atoms with Gasteiger partial charge < -0.3 is 5.32 Å². The second-order valence-corrected chi connectivity index (χ2v) is 3.08. The summed E-state index contributed by atoms with van der Waals surface area (Å²) in [6, 6.07) is 0. The van der Waals surface area contributed by atoms with Crippen LogP contribution in [0.4, 0.5) is 0 Å². The van der Waals surface area contributed by atoms with Gasteiger partial charge in [0.25, 0.3) is 0 Å². The monoisotopic (exact) mass is 203 g/mol. The molecule has 0 aliphatic carbocycles. The average Bonchev–Trinajstić information content (AvgIpc) is 2.17. The first kappa shape index (κ1) is 11.2. The summed E-state index contributed by atoms with van der Waals surface area (Å²) in [6.45, 7) is 3.93. The van der Waals surface area contributed by atoms with Crippen molar-refractivity contribution in [1.82, 2.24) is 15.3 Å². The quantitative estimate of drug-likeness (QED) is 0.567. The van der Waals surface area contributed by atoms with Crippen molar-refractivity contribution in [3.63, 3.8) is 0 Å². The molecule has 1 aromatic rings. The summed E-state index contributed by atoms with van der Waals surface area (Å²) in [5.74, 6) is 5.77. The molecule has 0 aliphatic heterocycles. The second-order valence-electron chi connectivity index (χ2n) is 3.08. The van der Waals surface area contributed by atoms with Crippen molar-refractivity contribution >= 4 is 5.91 Å². The Morgan fingerprint density at radius 2 is 2.33 bits per heavy atom. The highest BCUT2D eigenvalue weighted by Crippen LogP contribution is 1.91. The molecule has 0 atom stereocenters. The van der Waals surface area contributed by atoms with Gasteiger partial charge in [0.15, 0.2) is 0 Å². The van der Waals surface area contributed by atoms with E-state index >= 15 is 0 Å². The predicted molar refractivity (Wildman–Crippen MR) is 56.9 cm³/mol. The number of rotatable bonds is 2. The number of aromatic nitrogens is 2. The minimum absolute atomic E-state index is 0.0350. The van der Waals surface area contributed by atoms with Gasteiger partial charge in [0, 0.05) is 26.1 Å². The van der Waals surface area contributed by atoms with Crippen molar-refractivity contribution in [3.05, 3.63) is 23.8 Å². The first-order valence-electron chi connectivity index (χ1n) is 4.70. The van der Waals surface area contributed by atoms with Crippen LogP contribution in [-0.4, -0.2) is 22.4 Å². The van der Waals surface area contributed by atoms with E-state index in [0.29, 0.717) is 18.7 Å². The Hall–Kier alpha value is -1.89. The maximum atomic E-state index is 10.5. The molecule has 0 radical (unpaired) electrons. The van der Waals surface area contributed by atoms with E-state index in [0.717, 1.165) is 5.69 Å². The molecule has 1 amide bonds. The number of nitrogens with one attached hydrogen (secondary N) is 1. The highest BCUT2D eigenvalue weighted by atomic mass is 16.1. The summed E-state index contributed by atoms with van der Waals surface area (Å²) in [5.41, 5.74) is 1.52. The fourth-order valence-electron chi connectivity index (χ4n) is 0.978. The third kappa shape index (κ3) is 4.77. The lowest BCUT2D eigenvalue weighted by Crippen LogP contribution is -2.20. The Balaban J connectivity index is 2.41. The van der Waals surface area contributed by atoms with E-state index in [1.807, 2.05) is 6.92 Å². The van der Waals surface area contributed by atoms with Crippen LogP contribution in [0.3, 0.4) is 0 Å². The molecule has 4 nitrogen and oxygen atoms in total. The van der Waals surface area contributed by atoms with Gasteiger partial charge >= 0.3 is 0 Å². The third-order valence-corrected chi connectivity index (χ3v) is 1.60. The van der Waals surface area contributed by atoms with Gasteiger partial charge in [-0.15, -0.1) is 0 Å². The van der Waals surface area contributed by atoms with E-state index in [4.69, 9.17) is 0 Å². The Labute approximate surface area is 89.1 Å². The Kier molecular flexibility index (Phi) is 4.30. The SMILES string of the molecule is CC(=O)NCCC#Cc1cncc(C)n1. The molecular weight excluding hydrogens is 190 g/mol. The van der Waals surface area contributed by atoms with E-state index in [-0.39, 0.29) is 5.91 Å². The largest absolute Gasteiger partial charge is 0.355 e. The van der Waals surface area contributed by atoms with E-state index in [1.54, 1.807) is 12.4 Å². The van der Waals surface area contributed by atoms with Crippen LogP contribution in [0.1, 0.15) is 24.7 Å². The van der Waals surface area contributed by atoms with Crippen LogP contribution in [0.25, 0.3) is 0 Å². The lowest BCUT2D eigenvalue weighted by atomic mass is 10.3. The van der Waals surface area contributed by atoms with Gasteiger partial charge in [0.05, 0.1) is 11.9 Å². The minimum Gasteiger partial charge on any atom is -0.355 e. The normalized spacial score (nSPS) is 8.93. The number of hydrogen-bond acceptors (Lipinski definition) is 3. The van der Waals surface area contributed by atoms with Crippen LogP contribution in [0, 0.1) is 18.8 Å². The molecule has 0 fully saturated rings. The average molecular weight is 203 g/mol. The molecule has 0 saturated carbocycles. The third-order valence-electron chi connectivity index (χ3n) is 1.60. The van der Waals surface area contributed by atoms with Gasteiger partial charge in [0.2, 0.25) is 5.91 Å². The van der Waals surface area contributed by atoms with Gasteiger partial charge in [-0.1, -0.05) is 5.92 Å². The van der Waals surface area contributed by atoms with E-state index in [9.17, 15) is 4.79 Å². The number of aryl methyl sites for hydroxylation is 1. The van der Waals surface area contributed by atoms with Gasteiger partial charge in [-0.05, 0) is 12.8 Å². The van der Waals surface area contributed by atoms with Crippen LogP contribution in [0.5, 0.6) is 0 Å². The summed E-state index contributed by atoms with van der Waals surface area (Å²) >= 11 is 0. The molecule has 1 N–H and O–H groups in total. The molecular formula is C11H13N3O. The van der Waals surface area contributed by atoms with Crippen LogP contribution < -0.4 is 5.32 Å². The van der Waals surface area contributed by atoms with E-state index in [2.05, 4.69) is 27.1 Å². The van der Waals surface area contributed by atoms with Gasteiger partial charge in [-0.25, -0.2) is 4.98 Å². The van der Waals surface area contributed by atoms with Crippen molar-refractivity contribution in [2.45, 2.75) is 20.3 Å². The van der Waals surface area contributed by atoms with Crippen LogP contribution >= 0.6 is 0 Å². The summed E-state index contributed by atoms with van der Waals surface area (Å²) < 4.78 is 0. The minimum atomic E-state index is -0.0350. The summed E-state index contributed by atoms with van der Waals surface area (Å²) in [6.07, 6.45) is 3.93. The molecule has 0 spiro atoms. The zero-order chi connectivity index (χ0) is 11.1. The summed E-state index contributed by atoms with van der Waals surface area (Å²) in [7, 11) is 0. The molecule has 0 saturated heterocycles. The molecule has 4 heteroatoms. The van der Waals surface area contributed by atoms with Crippen LogP contribution in [0.15, 0.2) is 12.4 Å². The second kappa shape index (κ2) is 5.76. The van der Waals surface area contributed by atoms with Crippen molar-refractivity contribution in [1.29, 1.82) is 0 Å². The first-order chi connectivity index (χ1) is 7.18. The first-order valence-corrected chi connectivity index (χ1v) is 4.70. The lowest BCUT2D eigenvalue weighted by molar-refractivity contribution is -0.118. The molecule has 1 aromatic heterocycles. The molecule has 0 unspecified atom stereocenters. The predicted octanol–water partition coefficient (Wildman–Crippen LogP) is 0.663. The lowest BCUT2D eigenvalue weighted by Gasteiger charge is -1.94. The van der Waals surface area contributed by atoms with Crippen LogP contribution in [0.2, 0.25) is 0 Å². The zero-order valence-electron chi connectivity index (χ0n) is 8.87. The number of carbonyl (C=O) groups is 1. The molecule has 15 heavy (non-hydrogen) atoms. The fraction of sp³-hybridized carbons (Fsp3) is 0.364. The molecule has 0 aliphatic rings. The van der Waals surface area contributed by atoms with Gasteiger partial charge in [-0.2, -0.15) is 0 Å². The highest BCUT2D eigenvalue weighted by Gasteiger charge is 1.89. The van der Waals surface area contributed by atoms with E-state index in [1.165, 1.54) is 6.92 Å². The van der Waals surface area contributed by atoms with Crippen molar-refractivity contribution in [2.24, 2.45) is 0 Å². The van der Waals surface area contributed by atoms with Crippen molar-refractivity contribution in [2.75, 3.05) is 6.54 Å². The van der Waals surface area contributed by atoms with Gasteiger partial charge in [0.1, 0.15) is 5.69 Å². The Bertz CT molecular complexity index is 404. The molecule has 0 aromatic carbocycles. The standard InChI is InChI=1S/C11H13N3O/c1-9-7-12-8-11(14-9)5-3-4-6-13-10(2)15/h7-8H,4,6H2,1-2H3,(H,13,15). The van der Waals surface area contributed by atoms with Crippen molar-refractivity contribution < 1.29 is 4.79 Å².